The van der Waals surface area contributed by atoms with E-state index in [1.807, 2.05) is 0 Å². The molecule has 2 aliphatic heterocycles. The monoisotopic (exact) mass is 321 g/mol. The van der Waals surface area contributed by atoms with Crippen LogP contribution in [-0.2, 0) is 4.79 Å². The number of hydrogen-bond acceptors (Lipinski definition) is 3. The maximum absolute atomic E-state index is 12.4. The minimum absolute atomic E-state index is 0.397. The summed E-state index contributed by atoms with van der Waals surface area (Å²) in [5.41, 5.74) is 0. The van der Waals surface area contributed by atoms with Crippen LogP contribution in [0.4, 0.5) is 0 Å². The van der Waals surface area contributed by atoms with Crippen LogP contribution in [0.5, 0.6) is 0 Å². The van der Waals surface area contributed by atoms with Gasteiger partial charge in [0.05, 0.1) is 0 Å². The molecule has 4 nitrogen and oxygen atoms in total. The first-order valence-electron chi connectivity index (χ1n) is 9.80. The van der Waals surface area contributed by atoms with Gasteiger partial charge in [0, 0.05) is 45.2 Å². The average molecular weight is 322 g/mol. The molecule has 1 saturated carbocycles. The van der Waals surface area contributed by atoms with Crippen molar-refractivity contribution in [2.45, 2.75) is 57.4 Å². The zero-order valence-electron chi connectivity index (χ0n) is 15.2. The second-order valence-corrected chi connectivity index (χ2v) is 8.31. The summed E-state index contributed by atoms with van der Waals surface area (Å²) in [5, 5.41) is 0. The quantitative estimate of drug-likeness (QED) is 0.778. The average Bonchev–Trinajstić information content (AvgIpc) is 2.55. The smallest absolute Gasteiger partial charge is 0.222 e. The Balaban J connectivity index is 1.53. The molecule has 0 unspecified atom stereocenters. The number of carbonyl (C=O) groups is 1. The Labute approximate surface area is 142 Å². The summed E-state index contributed by atoms with van der Waals surface area (Å²) in [4.78, 5) is 19.5. The number of carbonyl (C=O) groups excluding carboxylic acids is 1. The molecule has 2 heterocycles. The van der Waals surface area contributed by atoms with E-state index in [4.69, 9.17) is 0 Å². The molecule has 23 heavy (non-hydrogen) atoms. The first kappa shape index (κ1) is 17.2. The van der Waals surface area contributed by atoms with E-state index in [1.165, 1.54) is 58.2 Å². The maximum atomic E-state index is 12.4. The molecular weight excluding hydrogens is 286 g/mol. The highest BCUT2D eigenvalue weighted by Crippen LogP contribution is 2.32. The topological polar surface area (TPSA) is 26.8 Å². The van der Waals surface area contributed by atoms with Crippen molar-refractivity contribution in [3.8, 4) is 0 Å². The van der Waals surface area contributed by atoms with Gasteiger partial charge in [-0.05, 0) is 51.6 Å². The van der Waals surface area contributed by atoms with Gasteiger partial charge in [-0.3, -0.25) is 4.79 Å². The van der Waals surface area contributed by atoms with Crippen LogP contribution in [0, 0.1) is 11.8 Å². The van der Waals surface area contributed by atoms with Gasteiger partial charge in [0.15, 0.2) is 0 Å². The number of likely N-dealkylation sites (N-methyl/N-ethyl adjacent to an activating group) is 1. The molecule has 0 aromatic rings. The number of piperidine rings is 2. The molecular formula is C19H35N3O. The molecule has 0 radical (unpaired) electrons. The fourth-order valence-corrected chi connectivity index (χ4v) is 4.93. The van der Waals surface area contributed by atoms with E-state index in [2.05, 4.69) is 28.8 Å². The standard InChI is InChI=1S/C19H35N3O/c1-20(2)12-13-22-18-10-11-21(14-16-6-4-3-5-7-16)15-17(18)8-9-19(22)23/h16-18H,3-15H2,1-2H3/t17-,18+/m1/s1. The summed E-state index contributed by atoms with van der Waals surface area (Å²) >= 11 is 0. The van der Waals surface area contributed by atoms with Crippen molar-refractivity contribution in [2.75, 3.05) is 46.8 Å². The van der Waals surface area contributed by atoms with Crippen molar-refractivity contribution in [1.29, 1.82) is 0 Å². The molecule has 2 saturated heterocycles. The van der Waals surface area contributed by atoms with Crippen molar-refractivity contribution < 1.29 is 4.79 Å². The number of rotatable bonds is 5. The lowest BCUT2D eigenvalue weighted by atomic mass is 9.82. The summed E-state index contributed by atoms with van der Waals surface area (Å²) < 4.78 is 0. The van der Waals surface area contributed by atoms with Crippen LogP contribution in [0.25, 0.3) is 0 Å². The molecule has 4 heteroatoms. The van der Waals surface area contributed by atoms with Crippen LogP contribution < -0.4 is 0 Å². The Kier molecular flexibility index (Phi) is 5.97. The summed E-state index contributed by atoms with van der Waals surface area (Å²) in [5.74, 6) is 2.05. The lowest BCUT2D eigenvalue weighted by molar-refractivity contribution is -0.141. The molecule has 2 atom stereocenters. The van der Waals surface area contributed by atoms with E-state index in [0.717, 1.165) is 31.8 Å². The molecule has 1 aliphatic carbocycles. The molecule has 0 aromatic heterocycles. The van der Waals surface area contributed by atoms with Gasteiger partial charge in [0.25, 0.3) is 0 Å². The first-order valence-corrected chi connectivity index (χ1v) is 9.80. The van der Waals surface area contributed by atoms with E-state index in [1.54, 1.807) is 0 Å². The van der Waals surface area contributed by atoms with Crippen LogP contribution in [0.1, 0.15) is 51.4 Å². The lowest BCUT2D eigenvalue weighted by Gasteiger charge is -2.48. The summed E-state index contributed by atoms with van der Waals surface area (Å²) in [7, 11) is 4.19. The predicted molar refractivity (Wildman–Crippen MR) is 94.4 cm³/mol. The van der Waals surface area contributed by atoms with Gasteiger partial charge in [0.2, 0.25) is 5.91 Å². The van der Waals surface area contributed by atoms with Gasteiger partial charge in [-0.1, -0.05) is 19.3 Å². The van der Waals surface area contributed by atoms with Gasteiger partial charge in [-0.15, -0.1) is 0 Å². The molecule has 0 bridgehead atoms. The van der Waals surface area contributed by atoms with Crippen molar-refractivity contribution in [3.63, 3.8) is 0 Å². The van der Waals surface area contributed by atoms with Crippen LogP contribution in [0.3, 0.4) is 0 Å². The van der Waals surface area contributed by atoms with Gasteiger partial charge in [0.1, 0.15) is 0 Å². The maximum Gasteiger partial charge on any atom is 0.222 e. The molecule has 3 fully saturated rings. The third-order valence-electron chi connectivity index (χ3n) is 6.26. The SMILES string of the molecule is CN(C)CCN1C(=O)CC[C@@H]2CN(CC3CCCCC3)CC[C@@H]21. The largest absolute Gasteiger partial charge is 0.338 e. The fourth-order valence-electron chi connectivity index (χ4n) is 4.93. The van der Waals surface area contributed by atoms with Crippen LogP contribution >= 0.6 is 0 Å². The van der Waals surface area contributed by atoms with Gasteiger partial charge in [-0.2, -0.15) is 0 Å². The number of hydrogen-bond donors (Lipinski definition) is 0. The zero-order chi connectivity index (χ0) is 16.2. The lowest BCUT2D eigenvalue weighted by Crippen LogP contribution is -2.57. The minimum atomic E-state index is 0.397. The van der Waals surface area contributed by atoms with Crippen molar-refractivity contribution in [2.24, 2.45) is 11.8 Å². The highest BCUT2D eigenvalue weighted by molar-refractivity contribution is 5.77. The number of likely N-dealkylation sites (tertiary alicyclic amines) is 2. The number of nitrogens with zero attached hydrogens (tertiary/aromatic N) is 3. The molecule has 3 rings (SSSR count). The third kappa shape index (κ3) is 4.48. The van der Waals surface area contributed by atoms with E-state index in [9.17, 15) is 4.79 Å². The highest BCUT2D eigenvalue weighted by Gasteiger charge is 2.39. The predicted octanol–water partition coefficient (Wildman–Crippen LogP) is 2.44. The van der Waals surface area contributed by atoms with E-state index in [-0.39, 0.29) is 0 Å². The van der Waals surface area contributed by atoms with Gasteiger partial charge < -0.3 is 14.7 Å². The Hall–Kier alpha value is -0.610. The van der Waals surface area contributed by atoms with Crippen molar-refractivity contribution in [3.05, 3.63) is 0 Å². The summed E-state index contributed by atoms with van der Waals surface area (Å²) in [6.45, 7) is 5.64. The molecule has 3 aliphatic rings. The van der Waals surface area contributed by atoms with Gasteiger partial charge in [-0.25, -0.2) is 0 Å². The zero-order valence-corrected chi connectivity index (χ0v) is 15.2. The van der Waals surface area contributed by atoms with E-state index in [0.29, 0.717) is 17.9 Å². The Morgan fingerprint density at radius 1 is 1.09 bits per heavy atom. The normalized spacial score (nSPS) is 30.7. The van der Waals surface area contributed by atoms with Crippen LogP contribution in [-0.4, -0.2) is 73.5 Å². The van der Waals surface area contributed by atoms with Crippen molar-refractivity contribution >= 4 is 5.91 Å². The Morgan fingerprint density at radius 3 is 2.61 bits per heavy atom. The molecule has 132 valence electrons. The van der Waals surface area contributed by atoms with Crippen molar-refractivity contribution in [1.82, 2.24) is 14.7 Å². The molecule has 0 aromatic carbocycles. The second-order valence-electron chi connectivity index (χ2n) is 8.31. The second kappa shape index (κ2) is 7.98. The Morgan fingerprint density at radius 2 is 1.87 bits per heavy atom. The molecule has 0 spiro atoms. The van der Waals surface area contributed by atoms with Crippen LogP contribution in [0.2, 0.25) is 0 Å². The fraction of sp³-hybridized carbons (Fsp3) is 0.947. The highest BCUT2D eigenvalue weighted by atomic mass is 16.2. The Bertz CT molecular complexity index is 392. The first-order chi connectivity index (χ1) is 11.1. The molecule has 1 amide bonds. The van der Waals surface area contributed by atoms with Gasteiger partial charge >= 0.3 is 0 Å². The number of fused-ring (bicyclic) bond motifs is 1. The van der Waals surface area contributed by atoms with E-state index < -0.39 is 0 Å². The summed E-state index contributed by atoms with van der Waals surface area (Å²) in [6.07, 6.45) is 10.3. The van der Waals surface area contributed by atoms with E-state index >= 15 is 0 Å². The third-order valence-corrected chi connectivity index (χ3v) is 6.26. The minimum Gasteiger partial charge on any atom is -0.338 e. The van der Waals surface area contributed by atoms with Crippen LogP contribution in [0.15, 0.2) is 0 Å². The molecule has 0 N–H and O–H groups in total. The summed E-state index contributed by atoms with van der Waals surface area (Å²) in [6, 6.07) is 0.513. The number of amides is 1.